The fraction of sp³-hybridized carbons (Fsp3) is 0.939. The molecule has 0 radical (unpaired) electrons. The van der Waals surface area contributed by atoms with Gasteiger partial charge in [-0.15, -0.1) is 0 Å². The van der Waals surface area contributed by atoms with Gasteiger partial charge in [-0.25, -0.2) is 4.79 Å². The normalized spacial score (nSPS) is 12.7. The maximum absolute atomic E-state index is 13.8. The minimum absolute atomic E-state index is 0.246. The molecule has 9 heteroatoms. The van der Waals surface area contributed by atoms with E-state index in [0.717, 1.165) is 87.6 Å². The predicted molar refractivity (Wildman–Crippen MR) is 266 cm³/mol. The standard InChI is InChI=1S/C49H104O5Si4/c1-12-21-30-39-55(40-31-22-13-2,41-32-23-14-3)52-57(44-35-26-17-6,45-36-27-18-7)54-58(46-37-28-19-8,47-38-29-20-9)53-56(42-33-24-15-4,43-34-25-16-5)51-49(50)48(10)11/h10,12-47H2,1-9,11H3. The van der Waals surface area contributed by atoms with E-state index in [4.69, 9.17) is 16.8 Å². The lowest BCUT2D eigenvalue weighted by atomic mass is 10.3. The molecule has 0 saturated heterocycles. The van der Waals surface area contributed by atoms with Gasteiger partial charge >= 0.3 is 31.7 Å². The molecule has 0 N–H and O–H groups in total. The van der Waals surface area contributed by atoms with Crippen LogP contribution in [0.4, 0.5) is 0 Å². The summed E-state index contributed by atoms with van der Waals surface area (Å²) in [4.78, 5) is 13.8. The van der Waals surface area contributed by atoms with Crippen molar-refractivity contribution in [3.63, 3.8) is 0 Å². The van der Waals surface area contributed by atoms with Crippen LogP contribution in [0.15, 0.2) is 12.2 Å². The number of carbonyl (C=O) groups excluding carboxylic acids is 1. The molecule has 0 aliphatic carbocycles. The van der Waals surface area contributed by atoms with Crippen molar-refractivity contribution >= 4 is 40.0 Å². The Balaban J connectivity index is 8.16. The van der Waals surface area contributed by atoms with Crippen LogP contribution in [-0.4, -0.2) is 40.0 Å². The van der Waals surface area contributed by atoms with Crippen molar-refractivity contribution in [1.82, 2.24) is 0 Å². The topological polar surface area (TPSA) is 54.0 Å². The molecule has 0 amide bonds. The number of rotatable bonds is 44. The molecule has 0 heterocycles. The third-order valence-electron chi connectivity index (χ3n) is 12.4. The molecule has 0 fully saturated rings. The summed E-state index contributed by atoms with van der Waals surface area (Å²) >= 11 is 0. The van der Waals surface area contributed by atoms with Gasteiger partial charge < -0.3 is 16.8 Å². The van der Waals surface area contributed by atoms with Gasteiger partial charge in [-0.05, 0) is 49.2 Å². The smallest absolute Gasteiger partial charge is 0.393 e. The Morgan fingerprint density at radius 1 is 0.345 bits per heavy atom. The fourth-order valence-corrected chi connectivity index (χ4v) is 33.6. The average molecular weight is 886 g/mol. The molecule has 58 heavy (non-hydrogen) atoms. The van der Waals surface area contributed by atoms with Gasteiger partial charge in [0.2, 0.25) is 0 Å². The molecular formula is C49H104O5Si4. The highest BCUT2D eigenvalue weighted by atomic mass is 28.5. The van der Waals surface area contributed by atoms with E-state index in [1.165, 1.54) is 140 Å². The quantitative estimate of drug-likeness (QED) is 0.0347. The van der Waals surface area contributed by atoms with Crippen molar-refractivity contribution in [3.05, 3.63) is 12.2 Å². The van der Waals surface area contributed by atoms with Crippen LogP contribution in [0.25, 0.3) is 0 Å². The van der Waals surface area contributed by atoms with Gasteiger partial charge in [-0.1, -0.05) is 242 Å². The Labute approximate surface area is 369 Å². The lowest BCUT2D eigenvalue weighted by molar-refractivity contribution is -0.132. The second kappa shape index (κ2) is 36.4. The summed E-state index contributed by atoms with van der Waals surface area (Å²) in [5, 5.41) is 0. The summed E-state index contributed by atoms with van der Waals surface area (Å²) in [6.07, 6.45) is 32.4. The van der Waals surface area contributed by atoms with E-state index < -0.39 is 34.0 Å². The van der Waals surface area contributed by atoms with Crippen LogP contribution in [0, 0.1) is 0 Å². The van der Waals surface area contributed by atoms with Crippen molar-refractivity contribution in [2.45, 2.75) is 297 Å². The molecule has 0 aromatic carbocycles. The van der Waals surface area contributed by atoms with Crippen molar-refractivity contribution < 1.29 is 21.6 Å². The highest BCUT2D eigenvalue weighted by Gasteiger charge is 2.56. The number of hydrogen-bond donors (Lipinski definition) is 0. The monoisotopic (exact) mass is 885 g/mol. The fourth-order valence-electron chi connectivity index (χ4n) is 8.86. The third kappa shape index (κ3) is 25.8. The van der Waals surface area contributed by atoms with E-state index in [0.29, 0.717) is 5.57 Å². The largest absolute Gasteiger partial charge is 0.491 e. The summed E-state index contributed by atoms with van der Waals surface area (Å²) in [5.41, 5.74) is 0.491. The Bertz CT molecular complexity index is 922. The first-order valence-electron chi connectivity index (χ1n) is 26.0. The van der Waals surface area contributed by atoms with Gasteiger partial charge in [0.05, 0.1) is 0 Å². The molecule has 0 atom stereocenters. The average Bonchev–Trinajstić information content (AvgIpc) is 3.19. The lowest BCUT2D eigenvalue weighted by Crippen LogP contribution is -2.63. The summed E-state index contributed by atoms with van der Waals surface area (Å²) in [5.74, 6) is -0.246. The van der Waals surface area contributed by atoms with Crippen LogP contribution in [0.3, 0.4) is 0 Å². The molecular weight excluding hydrogens is 781 g/mol. The number of carbonyl (C=O) groups is 1. The van der Waals surface area contributed by atoms with E-state index >= 15 is 0 Å². The summed E-state index contributed by atoms with van der Waals surface area (Å²) in [6.45, 7) is 26.9. The highest BCUT2D eigenvalue weighted by molar-refractivity contribution is 6.91. The van der Waals surface area contributed by atoms with Crippen LogP contribution >= 0.6 is 0 Å². The van der Waals surface area contributed by atoms with Crippen molar-refractivity contribution in [2.24, 2.45) is 0 Å². The van der Waals surface area contributed by atoms with Gasteiger partial charge in [0.1, 0.15) is 0 Å². The van der Waals surface area contributed by atoms with Gasteiger partial charge in [0.25, 0.3) is 0 Å². The first-order chi connectivity index (χ1) is 28.0. The van der Waals surface area contributed by atoms with Gasteiger partial charge in [-0.3, -0.25) is 0 Å². The molecule has 5 nitrogen and oxygen atoms in total. The number of hydrogen-bond acceptors (Lipinski definition) is 5. The van der Waals surface area contributed by atoms with Crippen LogP contribution in [0.5, 0.6) is 0 Å². The lowest BCUT2D eigenvalue weighted by Gasteiger charge is -2.49. The predicted octanol–water partition coefficient (Wildman–Crippen LogP) is 18.1. The summed E-state index contributed by atoms with van der Waals surface area (Å²) in [6, 6.07) is 9.80. The third-order valence-corrected chi connectivity index (χ3v) is 32.7. The van der Waals surface area contributed by atoms with Gasteiger partial charge in [0.15, 0.2) is 8.32 Å². The van der Waals surface area contributed by atoms with E-state index in [2.05, 4.69) is 68.9 Å². The van der Waals surface area contributed by atoms with Crippen molar-refractivity contribution in [2.75, 3.05) is 0 Å². The molecule has 0 bridgehead atoms. The van der Waals surface area contributed by atoms with Crippen LogP contribution in [-0.2, 0) is 21.6 Å². The molecule has 0 spiro atoms. The van der Waals surface area contributed by atoms with Crippen molar-refractivity contribution in [1.29, 1.82) is 0 Å². The number of unbranched alkanes of at least 4 members (excludes halogenated alkanes) is 18. The van der Waals surface area contributed by atoms with E-state index in [-0.39, 0.29) is 5.97 Å². The maximum atomic E-state index is 13.8. The minimum Gasteiger partial charge on any atom is -0.491 e. The highest BCUT2D eigenvalue weighted by Crippen LogP contribution is 2.43. The SMILES string of the molecule is C=C(C)C(=O)O[Si](CCCCC)(CCCCC)O[Si](CCCCC)(CCCCC)O[Si](CCCCC)(CCCCC)O[Si](CCCCC)(CCCCC)CCCCC. The second-order valence-corrected chi connectivity index (χ2v) is 33.5. The molecule has 0 aliphatic heterocycles. The van der Waals surface area contributed by atoms with Crippen LogP contribution in [0.2, 0.25) is 54.4 Å². The second-order valence-electron chi connectivity index (χ2n) is 18.5. The van der Waals surface area contributed by atoms with Crippen LogP contribution < -0.4 is 0 Å². The molecule has 0 aromatic heterocycles. The van der Waals surface area contributed by atoms with Gasteiger partial charge in [0, 0.05) is 17.7 Å². The van der Waals surface area contributed by atoms with Crippen LogP contribution in [0.1, 0.15) is 243 Å². The zero-order valence-electron chi connectivity index (χ0n) is 41.2. The molecule has 0 aliphatic rings. The van der Waals surface area contributed by atoms with Gasteiger partial charge in [-0.2, -0.15) is 0 Å². The van der Waals surface area contributed by atoms with E-state index in [1.807, 2.05) is 6.92 Å². The van der Waals surface area contributed by atoms with Crippen molar-refractivity contribution in [3.8, 4) is 0 Å². The summed E-state index contributed by atoms with van der Waals surface area (Å²) < 4.78 is 32.0. The Morgan fingerprint density at radius 2 is 0.569 bits per heavy atom. The molecule has 0 unspecified atom stereocenters. The van der Waals surface area contributed by atoms with E-state index in [1.54, 1.807) is 0 Å². The first-order valence-corrected chi connectivity index (χ1v) is 35.2. The molecule has 0 aromatic rings. The Hall–Kier alpha value is -0.0425. The Morgan fingerprint density at radius 3 is 0.828 bits per heavy atom. The maximum Gasteiger partial charge on any atom is 0.393 e. The minimum atomic E-state index is -3.06. The molecule has 0 saturated carbocycles. The Kier molecular flexibility index (Phi) is 36.4. The molecule has 0 rings (SSSR count). The zero-order valence-corrected chi connectivity index (χ0v) is 45.2. The van der Waals surface area contributed by atoms with E-state index in [9.17, 15) is 4.79 Å². The summed E-state index contributed by atoms with van der Waals surface area (Å²) in [7, 11) is -11.0. The molecule has 346 valence electrons. The first kappa shape index (κ1) is 58.0. The zero-order chi connectivity index (χ0) is 43.4.